The van der Waals surface area contributed by atoms with E-state index in [0.717, 1.165) is 0 Å². The summed E-state index contributed by atoms with van der Waals surface area (Å²) in [6, 6.07) is 8.26. The molecule has 0 atom stereocenters. The molecular formula is C15H10ClF3N2. The van der Waals surface area contributed by atoms with Crippen LogP contribution in [0.4, 0.5) is 13.2 Å². The summed E-state index contributed by atoms with van der Waals surface area (Å²) >= 11 is 5.73. The molecule has 0 aliphatic heterocycles. The van der Waals surface area contributed by atoms with Crippen molar-refractivity contribution in [3.63, 3.8) is 0 Å². The van der Waals surface area contributed by atoms with Crippen molar-refractivity contribution in [2.45, 2.75) is 6.42 Å². The molecule has 0 saturated carbocycles. The summed E-state index contributed by atoms with van der Waals surface area (Å²) in [5.74, 6) is -2.24. The molecule has 21 heavy (non-hydrogen) atoms. The summed E-state index contributed by atoms with van der Waals surface area (Å²) in [6.07, 6.45) is 0.340. The minimum absolute atomic E-state index is 0.258. The zero-order valence-electron chi connectivity index (χ0n) is 10.8. The smallest absolute Gasteiger partial charge is 0.153 e. The van der Waals surface area contributed by atoms with Crippen LogP contribution >= 0.6 is 11.6 Å². The van der Waals surface area contributed by atoms with E-state index in [1.807, 2.05) is 0 Å². The largest absolute Gasteiger partial charge is 0.291 e. The van der Waals surface area contributed by atoms with Crippen molar-refractivity contribution in [2.24, 2.45) is 0 Å². The van der Waals surface area contributed by atoms with Crippen LogP contribution in [0.2, 0.25) is 0 Å². The number of nitrogens with zero attached hydrogens (tertiary/aromatic N) is 2. The van der Waals surface area contributed by atoms with Crippen LogP contribution in [-0.4, -0.2) is 15.4 Å². The van der Waals surface area contributed by atoms with Gasteiger partial charge in [-0.3, -0.25) is 4.57 Å². The molecule has 0 fully saturated rings. The first-order valence-corrected chi connectivity index (χ1v) is 6.82. The molecule has 2 nitrogen and oxygen atoms in total. The molecule has 0 unspecified atom stereocenters. The van der Waals surface area contributed by atoms with Crippen molar-refractivity contribution < 1.29 is 13.2 Å². The maximum absolute atomic E-state index is 14.1. The Morgan fingerprint density at radius 1 is 1.05 bits per heavy atom. The maximum Gasteiger partial charge on any atom is 0.153 e. The molecular weight excluding hydrogens is 301 g/mol. The van der Waals surface area contributed by atoms with Gasteiger partial charge in [-0.25, -0.2) is 18.2 Å². The third-order valence-corrected chi connectivity index (χ3v) is 3.34. The number of imidazole rings is 1. The van der Waals surface area contributed by atoms with E-state index in [0.29, 0.717) is 35.4 Å². The Morgan fingerprint density at radius 2 is 1.71 bits per heavy atom. The Labute approximate surface area is 123 Å². The lowest BCUT2D eigenvalue weighted by Crippen LogP contribution is -2.07. The van der Waals surface area contributed by atoms with Crippen LogP contribution in [0.1, 0.15) is 5.82 Å². The van der Waals surface area contributed by atoms with E-state index in [1.165, 1.54) is 4.57 Å². The topological polar surface area (TPSA) is 17.8 Å². The Morgan fingerprint density at radius 3 is 2.38 bits per heavy atom. The molecule has 108 valence electrons. The first kappa shape index (κ1) is 13.9. The normalized spacial score (nSPS) is 11.2. The van der Waals surface area contributed by atoms with Gasteiger partial charge in [0.25, 0.3) is 0 Å². The van der Waals surface area contributed by atoms with Crippen molar-refractivity contribution >= 4 is 22.6 Å². The molecule has 1 aromatic heterocycles. The van der Waals surface area contributed by atoms with E-state index in [1.54, 1.807) is 24.3 Å². The number of para-hydroxylation sites is 2. The third-order valence-electron chi connectivity index (χ3n) is 3.15. The summed E-state index contributed by atoms with van der Waals surface area (Å²) in [7, 11) is 0. The molecule has 0 bridgehead atoms. The summed E-state index contributed by atoms with van der Waals surface area (Å²) in [5, 5.41) is 0. The first-order chi connectivity index (χ1) is 10.1. The van der Waals surface area contributed by atoms with Crippen LogP contribution in [0.5, 0.6) is 0 Å². The summed E-state index contributed by atoms with van der Waals surface area (Å²) in [6.45, 7) is 0. The predicted molar refractivity (Wildman–Crippen MR) is 75.4 cm³/mol. The lowest BCUT2D eigenvalue weighted by atomic mass is 10.2. The van der Waals surface area contributed by atoms with Crippen LogP contribution in [0.15, 0.2) is 36.4 Å². The number of alkyl halides is 1. The number of aromatic nitrogens is 2. The Bertz CT molecular complexity index is 791. The average molecular weight is 311 g/mol. The number of hydrogen-bond acceptors (Lipinski definition) is 1. The number of aryl methyl sites for hydroxylation is 1. The van der Waals surface area contributed by atoms with Crippen molar-refractivity contribution in [3.8, 4) is 5.69 Å². The van der Waals surface area contributed by atoms with Gasteiger partial charge in [0, 0.05) is 24.4 Å². The van der Waals surface area contributed by atoms with Crippen LogP contribution in [0, 0.1) is 17.5 Å². The molecule has 3 aromatic rings. The van der Waals surface area contributed by atoms with E-state index in [-0.39, 0.29) is 11.6 Å². The van der Waals surface area contributed by atoms with E-state index < -0.39 is 17.5 Å². The Balaban J connectivity index is 2.36. The van der Waals surface area contributed by atoms with Gasteiger partial charge in [-0.05, 0) is 12.1 Å². The second kappa shape index (κ2) is 5.41. The van der Waals surface area contributed by atoms with Crippen LogP contribution in [-0.2, 0) is 6.42 Å². The van der Waals surface area contributed by atoms with Crippen LogP contribution < -0.4 is 0 Å². The maximum atomic E-state index is 14.1. The second-order valence-electron chi connectivity index (χ2n) is 4.51. The van der Waals surface area contributed by atoms with E-state index in [2.05, 4.69) is 4.98 Å². The highest BCUT2D eigenvalue weighted by atomic mass is 35.5. The SMILES string of the molecule is Fc1cc(F)c(-n2c(CCCl)nc3ccccc32)c(F)c1. The number of rotatable bonds is 3. The van der Waals surface area contributed by atoms with Gasteiger partial charge in [0.15, 0.2) is 11.6 Å². The van der Waals surface area contributed by atoms with E-state index in [4.69, 9.17) is 11.6 Å². The first-order valence-electron chi connectivity index (χ1n) is 6.29. The molecule has 0 aliphatic rings. The standard InChI is InChI=1S/C15H10ClF3N2/c16-6-5-14-20-12-3-1-2-4-13(12)21(14)15-10(18)7-9(17)8-11(15)19/h1-4,7-8H,5-6H2. The number of halogens is 4. The van der Waals surface area contributed by atoms with Gasteiger partial charge in [0.2, 0.25) is 0 Å². The predicted octanol–water partition coefficient (Wildman–Crippen LogP) is 4.22. The van der Waals surface area contributed by atoms with Crippen molar-refractivity contribution in [1.82, 2.24) is 9.55 Å². The lowest BCUT2D eigenvalue weighted by Gasteiger charge is -2.11. The number of fused-ring (bicyclic) bond motifs is 1. The molecule has 2 aromatic carbocycles. The molecule has 6 heteroatoms. The minimum Gasteiger partial charge on any atom is -0.291 e. The van der Waals surface area contributed by atoms with Gasteiger partial charge in [0.05, 0.1) is 11.0 Å². The highest BCUT2D eigenvalue weighted by molar-refractivity contribution is 6.17. The fraction of sp³-hybridized carbons (Fsp3) is 0.133. The quantitative estimate of drug-likeness (QED) is 0.662. The van der Waals surface area contributed by atoms with Crippen molar-refractivity contribution in [1.29, 1.82) is 0 Å². The molecule has 3 rings (SSSR count). The Kier molecular flexibility index (Phi) is 3.59. The molecule has 0 amide bonds. The minimum atomic E-state index is -0.980. The van der Waals surface area contributed by atoms with Gasteiger partial charge in [-0.2, -0.15) is 0 Å². The summed E-state index contributed by atoms with van der Waals surface area (Å²) in [4.78, 5) is 4.33. The Hall–Kier alpha value is -2.01. The zero-order chi connectivity index (χ0) is 15.0. The molecule has 0 saturated heterocycles. The van der Waals surface area contributed by atoms with E-state index >= 15 is 0 Å². The molecule has 0 aliphatic carbocycles. The fourth-order valence-electron chi connectivity index (χ4n) is 2.33. The fourth-order valence-corrected chi connectivity index (χ4v) is 2.49. The van der Waals surface area contributed by atoms with Gasteiger partial charge in [-0.1, -0.05) is 12.1 Å². The summed E-state index contributed by atoms with van der Waals surface area (Å²) < 4.78 is 42.6. The molecule has 0 N–H and O–H groups in total. The molecule has 1 heterocycles. The second-order valence-corrected chi connectivity index (χ2v) is 4.89. The third kappa shape index (κ3) is 2.38. The van der Waals surface area contributed by atoms with Gasteiger partial charge in [-0.15, -0.1) is 11.6 Å². The highest BCUT2D eigenvalue weighted by Crippen LogP contribution is 2.26. The zero-order valence-corrected chi connectivity index (χ0v) is 11.5. The van der Waals surface area contributed by atoms with Crippen LogP contribution in [0.3, 0.4) is 0 Å². The monoisotopic (exact) mass is 310 g/mol. The molecule has 0 radical (unpaired) electrons. The van der Waals surface area contributed by atoms with Crippen LogP contribution in [0.25, 0.3) is 16.7 Å². The average Bonchev–Trinajstić information content (AvgIpc) is 2.77. The number of benzene rings is 2. The van der Waals surface area contributed by atoms with Gasteiger partial charge < -0.3 is 0 Å². The van der Waals surface area contributed by atoms with Gasteiger partial charge >= 0.3 is 0 Å². The van der Waals surface area contributed by atoms with Crippen molar-refractivity contribution in [2.75, 3.05) is 5.88 Å². The van der Waals surface area contributed by atoms with E-state index in [9.17, 15) is 13.2 Å². The summed E-state index contributed by atoms with van der Waals surface area (Å²) in [5.41, 5.74) is 0.799. The van der Waals surface area contributed by atoms with Gasteiger partial charge in [0.1, 0.15) is 17.3 Å². The number of hydrogen-bond donors (Lipinski definition) is 0. The van der Waals surface area contributed by atoms with Crippen molar-refractivity contribution in [3.05, 3.63) is 59.7 Å². The molecule has 0 spiro atoms. The lowest BCUT2D eigenvalue weighted by molar-refractivity contribution is 0.533. The highest BCUT2D eigenvalue weighted by Gasteiger charge is 2.19.